The van der Waals surface area contributed by atoms with Crippen molar-refractivity contribution in [2.45, 2.75) is 12.7 Å². The molecule has 1 aromatic carbocycles. The standard InChI is InChI=1S/C10H11ClO2/c11-9-5-2-1-4-8(9)10-12-6-3-7-13-10/h1-2,4-5,10H,3,6-7H2. The largest absolute Gasteiger partial charge is 0.348 e. The van der Waals surface area contributed by atoms with Crippen molar-refractivity contribution in [2.75, 3.05) is 13.2 Å². The van der Waals surface area contributed by atoms with E-state index in [0.29, 0.717) is 5.02 Å². The van der Waals surface area contributed by atoms with Crippen LogP contribution in [0.5, 0.6) is 0 Å². The monoisotopic (exact) mass is 198 g/mol. The summed E-state index contributed by atoms with van der Waals surface area (Å²) in [6.07, 6.45) is 0.684. The molecule has 0 aliphatic carbocycles. The van der Waals surface area contributed by atoms with Gasteiger partial charge in [0.1, 0.15) is 0 Å². The van der Waals surface area contributed by atoms with E-state index in [9.17, 15) is 0 Å². The summed E-state index contributed by atoms with van der Waals surface area (Å²) in [7, 11) is 0. The summed E-state index contributed by atoms with van der Waals surface area (Å²) in [6, 6.07) is 7.60. The highest BCUT2D eigenvalue weighted by Gasteiger charge is 2.18. The highest BCUT2D eigenvalue weighted by atomic mass is 35.5. The summed E-state index contributed by atoms with van der Waals surface area (Å²) in [5, 5.41) is 0.703. The first-order chi connectivity index (χ1) is 6.38. The molecule has 13 heavy (non-hydrogen) atoms. The van der Waals surface area contributed by atoms with Crippen LogP contribution in [0.2, 0.25) is 5.02 Å². The van der Waals surface area contributed by atoms with E-state index >= 15 is 0 Å². The second-order valence-corrected chi connectivity index (χ2v) is 3.36. The molecule has 0 saturated carbocycles. The Bertz CT molecular complexity index is 282. The minimum Gasteiger partial charge on any atom is -0.348 e. The fourth-order valence-corrected chi connectivity index (χ4v) is 1.56. The van der Waals surface area contributed by atoms with Gasteiger partial charge in [-0.3, -0.25) is 0 Å². The first kappa shape index (κ1) is 9.00. The normalized spacial score (nSPS) is 18.8. The molecule has 0 atom stereocenters. The average molecular weight is 199 g/mol. The van der Waals surface area contributed by atoms with Crippen LogP contribution in [0.25, 0.3) is 0 Å². The lowest BCUT2D eigenvalue weighted by atomic mass is 10.2. The lowest BCUT2D eigenvalue weighted by molar-refractivity contribution is -0.182. The Morgan fingerprint density at radius 2 is 1.85 bits per heavy atom. The van der Waals surface area contributed by atoms with E-state index < -0.39 is 0 Å². The van der Waals surface area contributed by atoms with Crippen molar-refractivity contribution in [2.24, 2.45) is 0 Å². The van der Waals surface area contributed by atoms with Gasteiger partial charge in [-0.05, 0) is 12.5 Å². The summed E-state index contributed by atoms with van der Waals surface area (Å²) in [5.41, 5.74) is 0.920. The van der Waals surface area contributed by atoms with Gasteiger partial charge in [-0.1, -0.05) is 29.8 Å². The molecule has 3 heteroatoms. The van der Waals surface area contributed by atoms with Gasteiger partial charge in [0.15, 0.2) is 6.29 Å². The Kier molecular flexibility index (Phi) is 2.83. The van der Waals surface area contributed by atoms with Crippen molar-refractivity contribution in [3.8, 4) is 0 Å². The molecule has 0 spiro atoms. The van der Waals surface area contributed by atoms with Crippen LogP contribution in [0.15, 0.2) is 24.3 Å². The molecule has 1 heterocycles. The average Bonchev–Trinajstić information content (AvgIpc) is 2.20. The lowest BCUT2D eigenvalue weighted by Crippen LogP contribution is -2.17. The van der Waals surface area contributed by atoms with Gasteiger partial charge >= 0.3 is 0 Å². The van der Waals surface area contributed by atoms with Crippen molar-refractivity contribution < 1.29 is 9.47 Å². The van der Waals surface area contributed by atoms with Gasteiger partial charge in [0, 0.05) is 10.6 Å². The molecule has 0 bridgehead atoms. The maximum atomic E-state index is 6.00. The van der Waals surface area contributed by atoms with Crippen molar-refractivity contribution in [3.05, 3.63) is 34.9 Å². The molecule has 1 aromatic rings. The highest BCUT2D eigenvalue weighted by Crippen LogP contribution is 2.28. The molecule has 0 aromatic heterocycles. The van der Waals surface area contributed by atoms with Gasteiger partial charge in [-0.15, -0.1) is 0 Å². The molecule has 1 saturated heterocycles. The van der Waals surface area contributed by atoms with Gasteiger partial charge in [-0.25, -0.2) is 0 Å². The number of ether oxygens (including phenoxy) is 2. The predicted octanol–water partition coefficient (Wildman–Crippen LogP) is 2.78. The zero-order valence-corrected chi connectivity index (χ0v) is 7.96. The Morgan fingerprint density at radius 3 is 2.54 bits per heavy atom. The van der Waals surface area contributed by atoms with Gasteiger partial charge in [0.05, 0.1) is 13.2 Å². The number of benzene rings is 1. The van der Waals surface area contributed by atoms with Gasteiger partial charge < -0.3 is 9.47 Å². The third kappa shape index (κ3) is 2.02. The van der Waals surface area contributed by atoms with E-state index in [2.05, 4.69) is 0 Å². The van der Waals surface area contributed by atoms with Crippen LogP contribution in [0.4, 0.5) is 0 Å². The van der Waals surface area contributed by atoms with E-state index in [4.69, 9.17) is 21.1 Å². The maximum absolute atomic E-state index is 6.00. The second kappa shape index (κ2) is 4.09. The van der Waals surface area contributed by atoms with Crippen LogP contribution in [-0.2, 0) is 9.47 Å². The number of hydrogen-bond donors (Lipinski definition) is 0. The summed E-state index contributed by atoms with van der Waals surface area (Å²) in [6.45, 7) is 1.49. The summed E-state index contributed by atoms with van der Waals surface area (Å²) in [4.78, 5) is 0. The molecule has 1 aliphatic rings. The molecule has 0 N–H and O–H groups in total. The Hall–Kier alpha value is -0.570. The first-order valence-electron chi connectivity index (χ1n) is 4.35. The molecule has 0 amide bonds. The molecule has 2 nitrogen and oxygen atoms in total. The van der Waals surface area contributed by atoms with E-state index in [1.54, 1.807) is 0 Å². The SMILES string of the molecule is Clc1ccccc1C1OCCCO1. The maximum Gasteiger partial charge on any atom is 0.185 e. The molecule has 0 unspecified atom stereocenters. The Balaban J connectivity index is 2.18. The molecule has 1 fully saturated rings. The van der Waals surface area contributed by atoms with Gasteiger partial charge in [0.2, 0.25) is 0 Å². The van der Waals surface area contributed by atoms with Crippen LogP contribution in [-0.4, -0.2) is 13.2 Å². The predicted molar refractivity (Wildman–Crippen MR) is 50.7 cm³/mol. The Morgan fingerprint density at radius 1 is 1.15 bits per heavy atom. The minimum absolute atomic E-state index is 0.276. The fraction of sp³-hybridized carbons (Fsp3) is 0.400. The van der Waals surface area contributed by atoms with Crippen LogP contribution in [0.3, 0.4) is 0 Å². The Labute approximate surface area is 82.4 Å². The molecular formula is C10H11ClO2. The zero-order valence-electron chi connectivity index (χ0n) is 7.20. The molecule has 1 aliphatic heterocycles. The van der Waals surface area contributed by atoms with E-state index in [0.717, 1.165) is 25.2 Å². The van der Waals surface area contributed by atoms with Crippen molar-refractivity contribution in [3.63, 3.8) is 0 Å². The third-order valence-corrected chi connectivity index (χ3v) is 2.33. The van der Waals surface area contributed by atoms with E-state index in [1.807, 2.05) is 24.3 Å². The van der Waals surface area contributed by atoms with Crippen LogP contribution in [0, 0.1) is 0 Å². The quantitative estimate of drug-likeness (QED) is 0.691. The van der Waals surface area contributed by atoms with Crippen molar-refractivity contribution in [1.29, 1.82) is 0 Å². The summed E-state index contributed by atoms with van der Waals surface area (Å²) >= 11 is 6.00. The molecule has 0 radical (unpaired) electrons. The number of halogens is 1. The molecule has 2 rings (SSSR count). The minimum atomic E-state index is -0.276. The van der Waals surface area contributed by atoms with Crippen LogP contribution < -0.4 is 0 Å². The van der Waals surface area contributed by atoms with Crippen LogP contribution >= 0.6 is 11.6 Å². The molecular weight excluding hydrogens is 188 g/mol. The summed E-state index contributed by atoms with van der Waals surface area (Å²) < 4.78 is 10.9. The topological polar surface area (TPSA) is 18.5 Å². The van der Waals surface area contributed by atoms with Crippen molar-refractivity contribution in [1.82, 2.24) is 0 Å². The smallest absolute Gasteiger partial charge is 0.185 e. The van der Waals surface area contributed by atoms with Crippen molar-refractivity contribution >= 4 is 11.6 Å². The van der Waals surface area contributed by atoms with E-state index in [1.165, 1.54) is 0 Å². The fourth-order valence-electron chi connectivity index (χ4n) is 1.33. The third-order valence-electron chi connectivity index (χ3n) is 1.99. The first-order valence-corrected chi connectivity index (χ1v) is 4.73. The molecule has 70 valence electrons. The number of rotatable bonds is 1. The zero-order chi connectivity index (χ0) is 9.10. The van der Waals surface area contributed by atoms with Gasteiger partial charge in [-0.2, -0.15) is 0 Å². The highest BCUT2D eigenvalue weighted by molar-refractivity contribution is 6.31. The second-order valence-electron chi connectivity index (χ2n) is 2.95. The lowest BCUT2D eigenvalue weighted by Gasteiger charge is -2.23. The van der Waals surface area contributed by atoms with Crippen LogP contribution in [0.1, 0.15) is 18.3 Å². The van der Waals surface area contributed by atoms with E-state index in [-0.39, 0.29) is 6.29 Å². The van der Waals surface area contributed by atoms with Gasteiger partial charge in [0.25, 0.3) is 0 Å². The summed E-state index contributed by atoms with van der Waals surface area (Å²) in [5.74, 6) is 0. The number of hydrogen-bond acceptors (Lipinski definition) is 2.